The fourth-order valence-corrected chi connectivity index (χ4v) is 6.42. The van der Waals surface area contributed by atoms with Gasteiger partial charge < -0.3 is 10.1 Å². The van der Waals surface area contributed by atoms with Crippen LogP contribution in [0.1, 0.15) is 0 Å². The van der Waals surface area contributed by atoms with Crippen LogP contribution in [0.2, 0.25) is 5.02 Å². The normalized spacial score (nSPS) is 10.9. The van der Waals surface area contributed by atoms with E-state index in [1.807, 2.05) is 53.1 Å². The van der Waals surface area contributed by atoms with Crippen molar-refractivity contribution in [2.75, 3.05) is 18.2 Å². The molecule has 0 aliphatic carbocycles. The molecule has 0 bridgehead atoms. The molecule has 4 aromatic rings. The number of aromatic nitrogens is 3. The van der Waals surface area contributed by atoms with Gasteiger partial charge in [0.2, 0.25) is 5.91 Å². The summed E-state index contributed by atoms with van der Waals surface area (Å²) in [5.74, 6) is 1.36. The summed E-state index contributed by atoms with van der Waals surface area (Å²) in [4.78, 5) is 12.7. The van der Waals surface area contributed by atoms with E-state index in [-0.39, 0.29) is 11.7 Å². The molecule has 0 unspecified atom stereocenters. The molecule has 0 aliphatic rings. The molecule has 174 valence electrons. The van der Waals surface area contributed by atoms with Gasteiger partial charge in [0.25, 0.3) is 0 Å². The molecule has 34 heavy (non-hydrogen) atoms. The Bertz CT molecular complexity index is 1310. The third-order valence-corrected chi connectivity index (χ3v) is 7.56. The van der Waals surface area contributed by atoms with Crippen LogP contribution in [-0.2, 0) is 4.79 Å². The molecule has 4 rings (SSSR count). The lowest BCUT2D eigenvalue weighted by atomic mass is 10.2. The molecule has 0 spiro atoms. The molecule has 6 nitrogen and oxygen atoms in total. The molecule has 0 radical (unpaired) electrons. The Labute approximate surface area is 230 Å². The van der Waals surface area contributed by atoms with Crippen LogP contribution in [0.25, 0.3) is 17.1 Å². The van der Waals surface area contributed by atoms with Gasteiger partial charge in [-0.25, -0.2) is 0 Å². The summed E-state index contributed by atoms with van der Waals surface area (Å²) < 4.78 is 9.58. The van der Waals surface area contributed by atoms with Crippen LogP contribution in [0.5, 0.6) is 5.75 Å². The molecular weight excluding hydrogens is 672 g/mol. The fourth-order valence-electron chi connectivity index (χ4n) is 3.08. The zero-order chi connectivity index (χ0) is 24.2. The third kappa shape index (κ3) is 5.85. The number of methoxy groups -OCH3 is 1. The summed E-state index contributed by atoms with van der Waals surface area (Å²) in [7, 11) is 1.62. The Hall–Kier alpha value is -1.85. The smallest absolute Gasteiger partial charge is 0.234 e. The van der Waals surface area contributed by atoms with E-state index in [2.05, 4.69) is 63.3 Å². The lowest BCUT2D eigenvalue weighted by Gasteiger charge is -2.12. The number of anilines is 1. The van der Waals surface area contributed by atoms with Crippen LogP contribution in [0.15, 0.2) is 79.2 Å². The first-order chi connectivity index (χ1) is 16.4. The van der Waals surface area contributed by atoms with Gasteiger partial charge in [0.15, 0.2) is 11.0 Å². The second-order valence-corrected chi connectivity index (χ2v) is 10.9. The van der Waals surface area contributed by atoms with E-state index in [0.717, 1.165) is 30.4 Å². The van der Waals surface area contributed by atoms with Gasteiger partial charge in [-0.3, -0.25) is 9.36 Å². The van der Waals surface area contributed by atoms with Crippen molar-refractivity contribution in [1.29, 1.82) is 0 Å². The number of amides is 1. The van der Waals surface area contributed by atoms with Gasteiger partial charge in [0, 0.05) is 29.7 Å². The molecule has 0 fully saturated rings. The highest BCUT2D eigenvalue weighted by atomic mass is 79.9. The number of nitrogens with zero attached hydrogens (tertiary/aromatic N) is 3. The fraction of sp³-hybridized carbons (Fsp3) is 0.0870. The number of hydrogen-bond acceptors (Lipinski definition) is 5. The molecule has 11 heteroatoms. The van der Waals surface area contributed by atoms with E-state index in [9.17, 15) is 4.79 Å². The van der Waals surface area contributed by atoms with Gasteiger partial charge in [-0.1, -0.05) is 39.3 Å². The monoisotopic (exact) mass is 684 g/mol. The van der Waals surface area contributed by atoms with Crippen molar-refractivity contribution in [1.82, 2.24) is 14.8 Å². The number of carbonyl (C=O) groups is 1. The van der Waals surface area contributed by atoms with Gasteiger partial charge in [-0.2, -0.15) is 0 Å². The molecular formula is C23H16Br3ClN4O2S. The second kappa shape index (κ2) is 11.3. The first kappa shape index (κ1) is 25.2. The molecule has 0 atom stereocenters. The summed E-state index contributed by atoms with van der Waals surface area (Å²) in [6.07, 6.45) is 0. The lowest BCUT2D eigenvalue weighted by molar-refractivity contribution is -0.113. The minimum absolute atomic E-state index is 0.142. The van der Waals surface area contributed by atoms with E-state index >= 15 is 0 Å². The van der Waals surface area contributed by atoms with Gasteiger partial charge in [-0.15, -0.1) is 10.2 Å². The number of rotatable bonds is 7. The van der Waals surface area contributed by atoms with Gasteiger partial charge in [0.1, 0.15) is 5.75 Å². The maximum atomic E-state index is 12.7. The molecule has 1 N–H and O–H groups in total. The number of nitrogens with one attached hydrogen (secondary N) is 1. The quantitative estimate of drug-likeness (QED) is 0.203. The van der Waals surface area contributed by atoms with Crippen molar-refractivity contribution in [2.45, 2.75) is 5.16 Å². The third-order valence-electron chi connectivity index (χ3n) is 4.67. The number of ether oxygens (including phenoxy) is 1. The highest BCUT2D eigenvalue weighted by molar-refractivity contribution is 9.11. The molecule has 1 aromatic heterocycles. The van der Waals surface area contributed by atoms with E-state index in [0.29, 0.717) is 21.7 Å². The topological polar surface area (TPSA) is 69.0 Å². The van der Waals surface area contributed by atoms with Crippen molar-refractivity contribution < 1.29 is 9.53 Å². The van der Waals surface area contributed by atoms with Crippen LogP contribution in [0, 0.1) is 0 Å². The highest BCUT2D eigenvalue weighted by Gasteiger charge is 2.18. The lowest BCUT2D eigenvalue weighted by Crippen LogP contribution is -2.15. The second-order valence-electron chi connectivity index (χ2n) is 6.93. The first-order valence-electron chi connectivity index (χ1n) is 9.78. The van der Waals surface area contributed by atoms with Crippen molar-refractivity contribution in [2.24, 2.45) is 0 Å². The summed E-state index contributed by atoms with van der Waals surface area (Å²) in [6, 6.07) is 18.7. The summed E-state index contributed by atoms with van der Waals surface area (Å²) >= 11 is 17.8. The summed E-state index contributed by atoms with van der Waals surface area (Å²) in [5, 5.41) is 12.9. The number of thioether (sulfide) groups is 1. The number of halogens is 4. The average Bonchev–Trinajstić information content (AvgIpc) is 3.24. The minimum atomic E-state index is -0.176. The molecule has 3 aromatic carbocycles. The molecule has 0 saturated carbocycles. The summed E-state index contributed by atoms with van der Waals surface area (Å²) in [6.45, 7) is 0. The SMILES string of the molecule is COc1ccc(-c2nnc(SCC(=O)Nc3c(Br)cc(Br)cc3Br)n2-c2ccc(Cl)cc2)cc1. The maximum absolute atomic E-state index is 12.7. The predicted molar refractivity (Wildman–Crippen MR) is 147 cm³/mol. The van der Waals surface area contributed by atoms with Crippen LogP contribution in [0.4, 0.5) is 5.69 Å². The van der Waals surface area contributed by atoms with E-state index in [4.69, 9.17) is 16.3 Å². The Morgan fingerprint density at radius 2 is 1.68 bits per heavy atom. The van der Waals surface area contributed by atoms with Crippen LogP contribution >= 0.6 is 71.2 Å². The Balaban J connectivity index is 1.61. The maximum Gasteiger partial charge on any atom is 0.234 e. The zero-order valence-electron chi connectivity index (χ0n) is 17.6. The van der Waals surface area contributed by atoms with Gasteiger partial charge >= 0.3 is 0 Å². The highest BCUT2D eigenvalue weighted by Crippen LogP contribution is 2.35. The van der Waals surface area contributed by atoms with Crippen molar-refractivity contribution >= 4 is 82.7 Å². The van der Waals surface area contributed by atoms with E-state index in [1.165, 1.54) is 11.8 Å². The number of carbonyl (C=O) groups excluding carboxylic acids is 1. The molecule has 1 amide bonds. The van der Waals surface area contributed by atoms with Gasteiger partial charge in [-0.05, 0) is 92.5 Å². The first-order valence-corrected chi connectivity index (χ1v) is 13.5. The van der Waals surface area contributed by atoms with Crippen LogP contribution in [-0.4, -0.2) is 33.5 Å². The van der Waals surface area contributed by atoms with Crippen molar-refractivity contribution in [3.05, 3.63) is 79.1 Å². The predicted octanol–water partition coefficient (Wildman–Crippen LogP) is 7.61. The van der Waals surface area contributed by atoms with E-state index in [1.54, 1.807) is 19.2 Å². The van der Waals surface area contributed by atoms with Gasteiger partial charge in [0.05, 0.1) is 18.6 Å². The Morgan fingerprint density at radius 1 is 1.03 bits per heavy atom. The van der Waals surface area contributed by atoms with E-state index < -0.39 is 0 Å². The zero-order valence-corrected chi connectivity index (χ0v) is 23.9. The molecule has 0 saturated heterocycles. The minimum Gasteiger partial charge on any atom is -0.497 e. The number of hydrogen-bond donors (Lipinski definition) is 1. The van der Waals surface area contributed by atoms with Crippen molar-refractivity contribution in [3.8, 4) is 22.8 Å². The number of benzene rings is 3. The summed E-state index contributed by atoms with van der Waals surface area (Å²) in [5.41, 5.74) is 2.36. The largest absolute Gasteiger partial charge is 0.497 e. The Morgan fingerprint density at radius 3 is 2.29 bits per heavy atom. The van der Waals surface area contributed by atoms with Crippen LogP contribution in [0.3, 0.4) is 0 Å². The molecule has 0 aliphatic heterocycles. The Kier molecular flexibility index (Phi) is 8.36. The standard InChI is InChI=1S/C23H16Br3ClN4O2S/c1-33-17-8-2-13(3-9-17)22-29-30-23(31(22)16-6-4-15(27)5-7-16)34-12-20(32)28-21-18(25)10-14(24)11-19(21)26/h2-11H,12H2,1H3,(H,28,32). The molecule has 1 heterocycles. The average molecular weight is 688 g/mol. The van der Waals surface area contributed by atoms with Crippen LogP contribution < -0.4 is 10.1 Å². The van der Waals surface area contributed by atoms with Crippen molar-refractivity contribution in [3.63, 3.8) is 0 Å².